The molecular weight excluding hydrogens is 224 g/mol. The molecule has 94 valence electrons. The van der Waals surface area contributed by atoms with Gasteiger partial charge in [-0.25, -0.2) is 12.7 Å². The highest BCUT2D eigenvalue weighted by molar-refractivity contribution is 7.89. The first-order chi connectivity index (χ1) is 7.46. The zero-order valence-electron chi connectivity index (χ0n) is 10.2. The van der Waals surface area contributed by atoms with Gasteiger partial charge >= 0.3 is 0 Å². The van der Waals surface area contributed by atoms with E-state index in [1.807, 2.05) is 0 Å². The number of rotatable bonds is 2. The molecular formula is C11H22N2O2S. The Labute approximate surface area is 98.4 Å². The lowest BCUT2D eigenvalue weighted by Crippen LogP contribution is -2.46. The summed E-state index contributed by atoms with van der Waals surface area (Å²) in [7, 11) is -3.03. The van der Waals surface area contributed by atoms with Crippen molar-refractivity contribution in [2.24, 2.45) is 5.41 Å². The lowest BCUT2D eigenvalue weighted by molar-refractivity contribution is 0.174. The Bertz CT molecular complexity index is 335. The predicted octanol–water partition coefficient (Wildman–Crippen LogP) is 0.800. The fourth-order valence-corrected chi connectivity index (χ4v) is 4.02. The van der Waals surface area contributed by atoms with Crippen LogP contribution in [0.15, 0.2) is 0 Å². The molecule has 1 spiro atoms. The normalized spacial score (nSPS) is 26.7. The number of sulfonamides is 1. The maximum atomic E-state index is 12.0. The van der Waals surface area contributed by atoms with Crippen molar-refractivity contribution in [1.29, 1.82) is 0 Å². The Hall–Kier alpha value is -0.130. The van der Waals surface area contributed by atoms with Gasteiger partial charge in [0.05, 0.1) is 5.25 Å². The first-order valence-corrected chi connectivity index (χ1v) is 7.66. The molecule has 0 amide bonds. The molecule has 0 unspecified atom stereocenters. The van der Waals surface area contributed by atoms with Crippen LogP contribution < -0.4 is 5.32 Å². The number of hydrogen-bond donors (Lipinski definition) is 1. The molecule has 0 aromatic heterocycles. The van der Waals surface area contributed by atoms with Gasteiger partial charge in [0.15, 0.2) is 0 Å². The molecule has 0 bridgehead atoms. The van der Waals surface area contributed by atoms with Crippen molar-refractivity contribution < 1.29 is 8.42 Å². The smallest absolute Gasteiger partial charge is 0.216 e. The van der Waals surface area contributed by atoms with Crippen LogP contribution in [0.5, 0.6) is 0 Å². The van der Waals surface area contributed by atoms with Gasteiger partial charge in [-0.15, -0.1) is 0 Å². The van der Waals surface area contributed by atoms with E-state index >= 15 is 0 Å². The zero-order valence-corrected chi connectivity index (χ0v) is 11.0. The van der Waals surface area contributed by atoms with Crippen LogP contribution in [0.3, 0.4) is 0 Å². The SMILES string of the molecule is CC(C)S(=O)(=O)N1CCC2(CCNC2)CC1. The summed E-state index contributed by atoms with van der Waals surface area (Å²) in [6, 6.07) is 0. The molecule has 2 heterocycles. The van der Waals surface area contributed by atoms with Crippen molar-refractivity contribution in [3.05, 3.63) is 0 Å². The van der Waals surface area contributed by atoms with E-state index in [9.17, 15) is 8.42 Å². The number of piperidine rings is 1. The molecule has 4 nitrogen and oxygen atoms in total. The van der Waals surface area contributed by atoms with Gasteiger partial charge in [0.2, 0.25) is 10.0 Å². The zero-order chi connectivity index (χ0) is 11.8. The predicted molar refractivity (Wildman–Crippen MR) is 64.8 cm³/mol. The molecule has 0 atom stereocenters. The number of nitrogens with one attached hydrogen (secondary N) is 1. The molecule has 16 heavy (non-hydrogen) atoms. The first-order valence-electron chi connectivity index (χ1n) is 6.16. The second-order valence-corrected chi connectivity index (χ2v) is 7.91. The number of hydrogen-bond acceptors (Lipinski definition) is 3. The quantitative estimate of drug-likeness (QED) is 0.784. The monoisotopic (exact) mass is 246 g/mol. The average Bonchev–Trinajstić information content (AvgIpc) is 2.67. The first kappa shape index (κ1) is 12.3. The van der Waals surface area contributed by atoms with Crippen LogP contribution in [0.25, 0.3) is 0 Å². The third-order valence-corrected chi connectivity index (χ3v) is 6.35. The second kappa shape index (κ2) is 4.27. The average molecular weight is 246 g/mol. The summed E-state index contributed by atoms with van der Waals surface area (Å²) < 4.78 is 25.7. The molecule has 0 aliphatic carbocycles. The summed E-state index contributed by atoms with van der Waals surface area (Å²) in [5, 5.41) is 3.10. The van der Waals surface area contributed by atoms with Crippen LogP contribution in [0, 0.1) is 5.41 Å². The Balaban J connectivity index is 2.00. The van der Waals surface area contributed by atoms with Crippen LogP contribution in [0.2, 0.25) is 0 Å². The van der Waals surface area contributed by atoms with E-state index in [2.05, 4.69) is 5.32 Å². The topological polar surface area (TPSA) is 49.4 Å². The molecule has 0 radical (unpaired) electrons. The minimum Gasteiger partial charge on any atom is -0.316 e. The molecule has 0 aromatic carbocycles. The van der Waals surface area contributed by atoms with Gasteiger partial charge in [-0.3, -0.25) is 0 Å². The summed E-state index contributed by atoms with van der Waals surface area (Å²) in [5.74, 6) is 0. The van der Waals surface area contributed by atoms with E-state index in [1.165, 1.54) is 6.42 Å². The Morgan fingerprint density at radius 2 is 1.81 bits per heavy atom. The van der Waals surface area contributed by atoms with Gasteiger partial charge in [0.1, 0.15) is 0 Å². The molecule has 5 heteroatoms. The van der Waals surface area contributed by atoms with E-state index in [0.29, 0.717) is 18.5 Å². The maximum Gasteiger partial charge on any atom is 0.216 e. The minimum atomic E-state index is -3.03. The fraction of sp³-hybridized carbons (Fsp3) is 1.00. The van der Waals surface area contributed by atoms with Crippen molar-refractivity contribution in [2.75, 3.05) is 26.2 Å². The molecule has 2 saturated heterocycles. The van der Waals surface area contributed by atoms with Gasteiger partial charge in [-0.2, -0.15) is 0 Å². The van der Waals surface area contributed by atoms with Crippen molar-refractivity contribution in [3.8, 4) is 0 Å². The highest BCUT2D eigenvalue weighted by atomic mass is 32.2. The van der Waals surface area contributed by atoms with Crippen molar-refractivity contribution in [2.45, 2.75) is 38.4 Å². The van der Waals surface area contributed by atoms with E-state index < -0.39 is 10.0 Å². The van der Waals surface area contributed by atoms with E-state index in [-0.39, 0.29) is 5.25 Å². The number of nitrogens with zero attached hydrogens (tertiary/aromatic N) is 1. The fourth-order valence-electron chi connectivity index (χ4n) is 2.74. The minimum absolute atomic E-state index is 0.289. The van der Waals surface area contributed by atoms with Gasteiger partial charge in [0, 0.05) is 19.6 Å². The van der Waals surface area contributed by atoms with Crippen molar-refractivity contribution in [3.63, 3.8) is 0 Å². The third kappa shape index (κ3) is 2.13. The lowest BCUT2D eigenvalue weighted by Gasteiger charge is -2.38. The van der Waals surface area contributed by atoms with Gasteiger partial charge in [-0.05, 0) is 45.1 Å². The summed E-state index contributed by atoms with van der Waals surface area (Å²) in [5.41, 5.74) is 0.392. The second-order valence-electron chi connectivity index (χ2n) is 5.42. The molecule has 2 rings (SSSR count). The van der Waals surface area contributed by atoms with Gasteiger partial charge < -0.3 is 5.32 Å². The molecule has 2 aliphatic heterocycles. The van der Waals surface area contributed by atoms with Crippen molar-refractivity contribution in [1.82, 2.24) is 9.62 Å². The summed E-state index contributed by atoms with van der Waals surface area (Å²) >= 11 is 0. The van der Waals surface area contributed by atoms with Crippen molar-refractivity contribution >= 4 is 10.0 Å². The summed E-state index contributed by atoms with van der Waals surface area (Å²) in [4.78, 5) is 0. The summed E-state index contributed by atoms with van der Waals surface area (Å²) in [6.07, 6.45) is 3.25. The lowest BCUT2D eigenvalue weighted by atomic mass is 9.78. The van der Waals surface area contributed by atoms with Crippen LogP contribution in [0.4, 0.5) is 0 Å². The van der Waals surface area contributed by atoms with E-state index in [0.717, 1.165) is 25.9 Å². The van der Waals surface area contributed by atoms with E-state index in [1.54, 1.807) is 18.2 Å². The Morgan fingerprint density at radius 3 is 2.25 bits per heavy atom. The van der Waals surface area contributed by atoms with Gasteiger partial charge in [0.25, 0.3) is 0 Å². The molecule has 2 fully saturated rings. The van der Waals surface area contributed by atoms with Crippen LogP contribution in [-0.4, -0.2) is 44.2 Å². The Kier molecular flexibility index (Phi) is 3.29. The standard InChI is InChI=1S/C11H22N2O2S/c1-10(2)16(14,15)13-7-4-11(5-8-13)3-6-12-9-11/h10,12H,3-9H2,1-2H3. The molecule has 0 saturated carbocycles. The summed E-state index contributed by atoms with van der Waals surface area (Å²) in [6.45, 7) is 7.11. The molecule has 2 aliphatic rings. The highest BCUT2D eigenvalue weighted by Crippen LogP contribution is 2.37. The van der Waals surface area contributed by atoms with Gasteiger partial charge in [-0.1, -0.05) is 0 Å². The van der Waals surface area contributed by atoms with Crippen LogP contribution in [-0.2, 0) is 10.0 Å². The molecule has 1 N–H and O–H groups in total. The maximum absolute atomic E-state index is 12.0. The van der Waals surface area contributed by atoms with Crippen LogP contribution >= 0.6 is 0 Å². The third-order valence-electron chi connectivity index (χ3n) is 4.07. The highest BCUT2D eigenvalue weighted by Gasteiger charge is 2.40. The molecule has 0 aromatic rings. The Morgan fingerprint density at radius 1 is 1.19 bits per heavy atom. The van der Waals surface area contributed by atoms with E-state index in [4.69, 9.17) is 0 Å². The largest absolute Gasteiger partial charge is 0.316 e. The van der Waals surface area contributed by atoms with Crippen LogP contribution in [0.1, 0.15) is 33.1 Å².